The van der Waals surface area contributed by atoms with Crippen LogP contribution in [0.3, 0.4) is 0 Å². The molecule has 3 aliphatic heterocycles. The van der Waals surface area contributed by atoms with Gasteiger partial charge in [-0.1, -0.05) is 266 Å². The van der Waals surface area contributed by atoms with Crippen molar-refractivity contribution in [1.82, 2.24) is 30.4 Å². The Balaban J connectivity index is 0. The molecule has 3 atom stereocenters. The van der Waals surface area contributed by atoms with Crippen LogP contribution in [0.5, 0.6) is 0 Å². The second-order valence-corrected chi connectivity index (χ2v) is 47.4. The molecule has 16 nitrogen and oxygen atoms in total. The van der Waals surface area contributed by atoms with Gasteiger partial charge in [-0.2, -0.15) is 0 Å². The van der Waals surface area contributed by atoms with Gasteiger partial charge in [-0.05, 0) is 239 Å². The first-order valence-electron chi connectivity index (χ1n) is 39.1. The number of hydrogen-bond donors (Lipinski definition) is 6. The number of halogens is 13. The molecule has 3 heterocycles. The van der Waals surface area contributed by atoms with Gasteiger partial charge in [0, 0.05) is 147 Å². The largest absolute Gasteiger partial charge is 0.466 e. The van der Waals surface area contributed by atoms with Gasteiger partial charge in [0.05, 0.1) is 62.8 Å². The van der Waals surface area contributed by atoms with Gasteiger partial charge in [0.2, 0.25) is 0 Å². The Morgan fingerprint density at radius 1 is 0.496 bits per heavy atom. The van der Waals surface area contributed by atoms with Crippen LogP contribution < -0.4 is 46.7 Å². The maximum absolute atomic E-state index is 11.2. The number of aldehydes is 1. The van der Waals surface area contributed by atoms with Crippen LogP contribution in [0.15, 0.2) is 54.6 Å². The van der Waals surface area contributed by atoms with Crippen LogP contribution in [-0.4, -0.2) is 170 Å². The van der Waals surface area contributed by atoms with Crippen molar-refractivity contribution in [3.05, 3.63) is 89.7 Å². The van der Waals surface area contributed by atoms with Gasteiger partial charge in [-0.25, -0.2) is 0 Å². The SMILES string of the molecule is C.C.CCOC(=O)CC1CCC(N)CC1.CCOC(=O)CC1CCC(NP)CC1.CI.Clc1cccc(N2CCNCC2)c1Cl.IC(I)I.ICI.NC1CCC(CCN2CCN(c3cccc(Cl)c3Cl)CC2)CC1.O=CCC1CCC(NP)CC1.PNC1CCC(CCN2CCN(c3cccc(Cl)c3Cl)CC2)CC1.[CH2-]I.[V]. The summed E-state index contributed by atoms with van der Waals surface area (Å²) >= 11 is 52.6. The summed E-state index contributed by atoms with van der Waals surface area (Å²) in [5.41, 5.74) is 15.0. The molecule has 0 amide bonds. The van der Waals surface area contributed by atoms with Gasteiger partial charge in [0.15, 0.2) is 0 Å². The van der Waals surface area contributed by atoms with Crippen molar-refractivity contribution in [2.24, 2.45) is 41.1 Å². The zero-order chi connectivity index (χ0) is 81.6. The van der Waals surface area contributed by atoms with Crippen LogP contribution in [0.25, 0.3) is 0 Å². The number of hydrogen-bond acceptors (Lipinski definition) is 16. The van der Waals surface area contributed by atoms with Crippen LogP contribution in [0.4, 0.5) is 17.1 Å². The number of rotatable bonds is 20. The van der Waals surface area contributed by atoms with Crippen molar-refractivity contribution in [1.29, 1.82) is 0 Å². The van der Waals surface area contributed by atoms with Crippen LogP contribution in [0.1, 0.15) is 189 Å². The van der Waals surface area contributed by atoms with E-state index in [0.717, 1.165) is 165 Å². The molecular weight excluding hydrogens is 2440 g/mol. The predicted molar refractivity (Wildman–Crippen MR) is 561 cm³/mol. The van der Waals surface area contributed by atoms with E-state index >= 15 is 0 Å². The van der Waals surface area contributed by atoms with Crippen molar-refractivity contribution in [3.63, 3.8) is 0 Å². The van der Waals surface area contributed by atoms with Crippen molar-refractivity contribution in [2.45, 2.75) is 219 Å². The summed E-state index contributed by atoms with van der Waals surface area (Å²) < 4.78 is 11.8. The molecule has 3 aromatic carbocycles. The number of carbonyl (C=O) groups is 3. The zero-order valence-electron chi connectivity index (χ0n) is 65.6. The van der Waals surface area contributed by atoms with E-state index in [1.165, 1.54) is 118 Å². The fraction of sp³-hybridized carbons (Fsp3) is 0.725. The van der Waals surface area contributed by atoms with Crippen LogP contribution in [-0.2, 0) is 42.4 Å². The standard InChI is InChI=1S/C18H28Cl2N3P.C18H27Cl2N3.C10H12Cl2N2.C10H20NO2P.C10H19NO2.C8H16NOP.CHI3.CH2I2.CH3I.CH2I.2CH4.V/c19-16-2-1-3-17(18(16)20)23-12-10-22(11-13-23)9-8-14-4-6-15(21-24)7-5-14;19-16-2-1-3-17(18(16)20)23-12-10-22(11-13-23)9-8-14-4-6-15(21)7-5-14;11-8-2-1-3-9(10(8)12)14-6-4-13-5-7-14;1-2-13-10(12)7-8-3-5-9(11-14)6-4-8;1-2-13-10(12)7-8-3-5-9(11)6-4-8;10-6-5-7-1-3-8(9-11)4-2-7;2-1(3)4;2-1-3;2*1-2;;;/h1-3,14-15,21H,4-13,24H2;1-3,14-15H,4-13,21H2;1-3,13H,4-7H2;8-9,11H,2-7,14H2,1H3;8-9H,2-7,11H2,1H3;6-9H,1-5,11H2;1H;1H2;1H3;1H2;2*1H4;/q;;;;;;;;;-1;;;. The fourth-order valence-electron chi connectivity index (χ4n) is 14.9. The Hall–Kier alpha value is 4.07. The average Bonchev–Trinajstić information content (AvgIpc) is 0.842. The normalized spacial score (nSPS) is 23.3. The summed E-state index contributed by atoms with van der Waals surface area (Å²) in [7, 11) is 7.80. The minimum Gasteiger partial charge on any atom is -0.466 e. The third-order valence-corrected chi connectivity index (χ3v) is 25.2. The number of ether oxygens (including phenoxy) is 2. The fourth-order valence-corrected chi connectivity index (χ4v) is 17.1. The Kier molecular flexibility index (Phi) is 79.2. The minimum absolute atomic E-state index is 0. The average molecular weight is 2580 g/mol. The Bertz CT molecular complexity index is 2840. The van der Waals surface area contributed by atoms with Gasteiger partial charge in [-0.15, -0.1) is 0 Å². The van der Waals surface area contributed by atoms with Crippen molar-refractivity contribution >= 4 is 291 Å². The first kappa shape index (κ1) is 119. The predicted octanol–water partition coefficient (Wildman–Crippen LogP) is 23.6. The molecular formula is C80H138Cl6I7N11O5P3V-. The molecule has 1 radical (unpaired) electrons. The number of carbonyl (C=O) groups excluding carboxylic acids is 3. The maximum Gasteiger partial charge on any atom is 0.306 e. The van der Waals surface area contributed by atoms with E-state index in [4.69, 9.17) is 90.5 Å². The van der Waals surface area contributed by atoms with E-state index in [1.54, 1.807) is 0 Å². The van der Waals surface area contributed by atoms with Crippen LogP contribution in [0.2, 0.25) is 30.1 Å². The quantitative estimate of drug-likeness (QED) is 0.0157. The van der Waals surface area contributed by atoms with E-state index in [0.29, 0.717) is 98.1 Å². The molecule has 0 bridgehead atoms. The molecule has 3 saturated heterocycles. The summed E-state index contributed by atoms with van der Waals surface area (Å²) in [6.45, 7) is 19.7. The Labute approximate surface area is 829 Å². The smallest absolute Gasteiger partial charge is 0.306 e. The third kappa shape index (κ3) is 52.8. The molecule has 8 fully saturated rings. The Morgan fingerprint density at radius 3 is 1.04 bits per heavy atom. The number of nitrogens with zero attached hydrogens (tertiary/aromatic N) is 5. The molecule has 113 heavy (non-hydrogen) atoms. The number of esters is 2. The number of nitrogens with two attached hydrogens (primary N) is 2. The van der Waals surface area contributed by atoms with E-state index in [2.05, 4.69) is 226 Å². The topological polar surface area (TPSA) is 186 Å². The van der Waals surface area contributed by atoms with Gasteiger partial charge in [0.25, 0.3) is 0 Å². The van der Waals surface area contributed by atoms with E-state index in [1.807, 2.05) is 83.8 Å². The van der Waals surface area contributed by atoms with E-state index in [9.17, 15) is 14.4 Å². The summed E-state index contributed by atoms with van der Waals surface area (Å²) in [6, 6.07) is 20.4. The molecule has 655 valence electrons. The molecule has 8 aliphatic rings. The molecule has 8 N–H and O–H groups in total. The monoisotopic (exact) mass is 2580 g/mol. The van der Waals surface area contributed by atoms with E-state index < -0.39 is 0 Å². The molecule has 5 aliphatic carbocycles. The zero-order valence-corrected chi connectivity index (χ0v) is 90.1. The Morgan fingerprint density at radius 2 is 0.761 bits per heavy atom. The number of nitrogens with one attached hydrogen (secondary N) is 4. The van der Waals surface area contributed by atoms with Crippen LogP contribution >= 0.6 is 256 Å². The maximum atomic E-state index is 11.2. The van der Waals surface area contributed by atoms with Gasteiger partial charge < -0.3 is 68.3 Å². The molecule has 11 rings (SSSR count). The van der Waals surface area contributed by atoms with Crippen molar-refractivity contribution in [2.75, 3.05) is 127 Å². The summed E-state index contributed by atoms with van der Waals surface area (Å²) in [4.78, 5) is 49.9. The summed E-state index contributed by atoms with van der Waals surface area (Å²) in [5, 5.41) is 17.0. The summed E-state index contributed by atoms with van der Waals surface area (Å²) in [6.07, 6.45) is 30.0. The van der Waals surface area contributed by atoms with Gasteiger partial charge in [0.1, 0.15) is 6.22 Å². The minimum atomic E-state index is -0.0528. The number of benzene rings is 3. The van der Waals surface area contributed by atoms with Crippen LogP contribution in [0, 0.1) is 34.5 Å². The molecule has 3 unspecified atom stereocenters. The molecule has 5 saturated carbocycles. The van der Waals surface area contributed by atoms with Gasteiger partial charge in [-0.3, -0.25) is 39.6 Å². The number of piperazine rings is 3. The molecule has 0 spiro atoms. The molecule has 3 aromatic rings. The third-order valence-electron chi connectivity index (χ3n) is 21.4. The first-order valence-corrected chi connectivity index (χ1v) is 53.6. The second-order valence-electron chi connectivity index (χ2n) is 28.7. The van der Waals surface area contributed by atoms with Crippen molar-refractivity contribution in [3.8, 4) is 0 Å². The second kappa shape index (κ2) is 75.1. The number of anilines is 3. The first-order chi connectivity index (χ1) is 53.1. The van der Waals surface area contributed by atoms with E-state index in [-0.39, 0.29) is 45.3 Å². The summed E-state index contributed by atoms with van der Waals surface area (Å²) in [5.74, 6) is 3.44. The number of alkyl halides is 6. The van der Waals surface area contributed by atoms with Gasteiger partial charge >= 0.3 is 11.9 Å². The molecule has 33 heteroatoms. The molecule has 0 aromatic heterocycles. The van der Waals surface area contributed by atoms with Crippen molar-refractivity contribution < 1.29 is 42.4 Å².